The average Bonchev–Trinajstić information content (AvgIpc) is 2.29. The number of carbonyl (C=O) groups is 1. The van der Waals surface area contributed by atoms with Crippen molar-refractivity contribution in [1.82, 2.24) is 0 Å². The molecule has 1 aliphatic heterocycles. The molecule has 2 nitrogen and oxygen atoms in total. The van der Waals surface area contributed by atoms with Crippen LogP contribution in [0.4, 0.5) is 5.69 Å². The molecule has 1 aliphatic rings. The first-order chi connectivity index (χ1) is 8.08. The summed E-state index contributed by atoms with van der Waals surface area (Å²) in [5, 5.41) is 0. The number of anilines is 1. The first-order valence-electron chi connectivity index (χ1n) is 6.11. The van der Waals surface area contributed by atoms with Gasteiger partial charge in [0.25, 0.3) is 0 Å². The minimum Gasteiger partial charge on any atom is -0.374 e. The van der Waals surface area contributed by atoms with Crippen LogP contribution in [-0.2, 0) is 11.2 Å². The first-order valence-corrected chi connectivity index (χ1v) is 6.11. The van der Waals surface area contributed by atoms with Crippen molar-refractivity contribution in [1.29, 1.82) is 0 Å². The minimum absolute atomic E-state index is 0.139. The highest BCUT2D eigenvalue weighted by Gasteiger charge is 2.13. The number of aryl methyl sites for hydroxylation is 1. The highest BCUT2D eigenvalue weighted by molar-refractivity contribution is 5.97. The van der Waals surface area contributed by atoms with Crippen LogP contribution >= 0.6 is 0 Å². The van der Waals surface area contributed by atoms with E-state index in [1.54, 1.807) is 6.92 Å². The molecule has 0 spiro atoms. The molecular formula is C15H19NO. The maximum absolute atomic E-state index is 11.2. The number of nitrogens with zero attached hydrogens (tertiary/aromatic N) is 1. The van der Waals surface area contributed by atoms with Crippen LogP contribution in [0, 0.1) is 0 Å². The van der Waals surface area contributed by atoms with Gasteiger partial charge in [0.05, 0.1) is 0 Å². The number of fused-ring (bicyclic) bond motifs is 1. The van der Waals surface area contributed by atoms with Gasteiger partial charge in [0.2, 0.25) is 0 Å². The number of Topliss-reactive ketones (excluding diaryl/α,β-unsaturated/α-hetero) is 1. The molecular weight excluding hydrogens is 210 g/mol. The second kappa shape index (κ2) is 4.74. The Morgan fingerprint density at radius 3 is 2.82 bits per heavy atom. The second-order valence-electron chi connectivity index (χ2n) is 4.80. The molecule has 0 bridgehead atoms. The number of benzene rings is 1. The summed E-state index contributed by atoms with van der Waals surface area (Å²) in [6.07, 6.45) is 4.32. The molecule has 1 aromatic carbocycles. The van der Waals surface area contributed by atoms with Crippen molar-refractivity contribution >= 4 is 17.5 Å². The first kappa shape index (κ1) is 11.9. The molecule has 1 aromatic rings. The third kappa shape index (κ3) is 2.57. The summed E-state index contributed by atoms with van der Waals surface area (Å²) in [4.78, 5) is 13.5. The van der Waals surface area contributed by atoms with Gasteiger partial charge < -0.3 is 4.90 Å². The highest BCUT2D eigenvalue weighted by Crippen LogP contribution is 2.27. The highest BCUT2D eigenvalue weighted by atomic mass is 16.1. The van der Waals surface area contributed by atoms with Crippen LogP contribution in [0.5, 0.6) is 0 Å². The molecule has 0 amide bonds. The number of hydrogen-bond acceptors (Lipinski definition) is 2. The van der Waals surface area contributed by atoms with Crippen molar-refractivity contribution in [2.45, 2.75) is 26.7 Å². The third-order valence-corrected chi connectivity index (χ3v) is 3.39. The molecule has 0 unspecified atom stereocenters. The Balaban J connectivity index is 2.34. The van der Waals surface area contributed by atoms with E-state index in [0.717, 1.165) is 24.1 Å². The quantitative estimate of drug-likeness (QED) is 0.726. The zero-order valence-electron chi connectivity index (χ0n) is 10.8. The van der Waals surface area contributed by atoms with E-state index in [4.69, 9.17) is 0 Å². The predicted molar refractivity (Wildman–Crippen MR) is 72.4 cm³/mol. The fourth-order valence-electron chi connectivity index (χ4n) is 2.25. The number of hydrogen-bond donors (Lipinski definition) is 0. The molecule has 1 heterocycles. The van der Waals surface area contributed by atoms with Crippen molar-refractivity contribution < 1.29 is 4.79 Å². The van der Waals surface area contributed by atoms with E-state index in [0.29, 0.717) is 0 Å². The lowest BCUT2D eigenvalue weighted by Gasteiger charge is -2.27. The van der Waals surface area contributed by atoms with E-state index in [1.807, 2.05) is 13.0 Å². The van der Waals surface area contributed by atoms with E-state index in [1.165, 1.54) is 17.7 Å². The van der Waals surface area contributed by atoms with Crippen LogP contribution in [-0.4, -0.2) is 19.4 Å². The molecule has 2 heteroatoms. The Hall–Kier alpha value is -1.57. The van der Waals surface area contributed by atoms with E-state index < -0.39 is 0 Å². The number of carbonyl (C=O) groups excluding carboxylic acids is 1. The van der Waals surface area contributed by atoms with Crippen molar-refractivity contribution in [3.8, 4) is 0 Å². The van der Waals surface area contributed by atoms with Crippen molar-refractivity contribution in [2.75, 3.05) is 18.5 Å². The lowest BCUT2D eigenvalue weighted by Crippen LogP contribution is -2.24. The maximum Gasteiger partial charge on any atom is 0.155 e. The number of ketones is 1. The van der Waals surface area contributed by atoms with Gasteiger partial charge in [-0.2, -0.15) is 0 Å². The SMILES string of the molecule is CC(=O)/C(C)=C\c1ccc2c(c1)CCCN2C. The largest absolute Gasteiger partial charge is 0.374 e. The van der Waals surface area contributed by atoms with Gasteiger partial charge >= 0.3 is 0 Å². The molecule has 0 radical (unpaired) electrons. The van der Waals surface area contributed by atoms with Gasteiger partial charge in [0.15, 0.2) is 5.78 Å². The third-order valence-electron chi connectivity index (χ3n) is 3.39. The zero-order chi connectivity index (χ0) is 12.4. The van der Waals surface area contributed by atoms with Crippen LogP contribution in [0.3, 0.4) is 0 Å². The van der Waals surface area contributed by atoms with E-state index in [-0.39, 0.29) is 5.78 Å². The molecule has 17 heavy (non-hydrogen) atoms. The predicted octanol–water partition coefficient (Wildman–Crippen LogP) is 3.06. The van der Waals surface area contributed by atoms with Crippen LogP contribution in [0.2, 0.25) is 0 Å². The normalized spacial score (nSPS) is 15.7. The van der Waals surface area contributed by atoms with Gasteiger partial charge in [-0.25, -0.2) is 0 Å². The van der Waals surface area contributed by atoms with Gasteiger partial charge in [-0.15, -0.1) is 0 Å². The Morgan fingerprint density at radius 1 is 1.35 bits per heavy atom. The zero-order valence-corrected chi connectivity index (χ0v) is 10.8. The van der Waals surface area contributed by atoms with Gasteiger partial charge in [-0.3, -0.25) is 4.79 Å². The molecule has 2 rings (SSSR count). The van der Waals surface area contributed by atoms with Gasteiger partial charge in [-0.1, -0.05) is 6.07 Å². The molecule has 0 N–H and O–H groups in total. The van der Waals surface area contributed by atoms with Gasteiger partial charge in [0, 0.05) is 19.3 Å². The fourth-order valence-corrected chi connectivity index (χ4v) is 2.25. The summed E-state index contributed by atoms with van der Waals surface area (Å²) in [7, 11) is 2.13. The average molecular weight is 229 g/mol. The van der Waals surface area contributed by atoms with Crippen LogP contribution in [0.15, 0.2) is 23.8 Å². The van der Waals surface area contributed by atoms with Crippen molar-refractivity contribution in [3.05, 3.63) is 34.9 Å². The van der Waals surface area contributed by atoms with Crippen molar-refractivity contribution in [2.24, 2.45) is 0 Å². The molecule has 90 valence electrons. The lowest BCUT2D eigenvalue weighted by atomic mass is 9.98. The Labute approximate surface area is 103 Å². The molecule has 0 saturated carbocycles. The summed E-state index contributed by atoms with van der Waals surface area (Å²) >= 11 is 0. The molecule has 0 aromatic heterocycles. The molecule has 0 fully saturated rings. The second-order valence-corrected chi connectivity index (χ2v) is 4.80. The van der Waals surface area contributed by atoms with Gasteiger partial charge in [0.1, 0.15) is 0 Å². The van der Waals surface area contributed by atoms with E-state index >= 15 is 0 Å². The Kier molecular flexibility index (Phi) is 3.32. The number of rotatable bonds is 2. The number of allylic oxidation sites excluding steroid dienone is 1. The van der Waals surface area contributed by atoms with Gasteiger partial charge in [-0.05, 0) is 61.6 Å². The molecule has 0 saturated heterocycles. The molecule has 0 atom stereocenters. The smallest absolute Gasteiger partial charge is 0.155 e. The lowest BCUT2D eigenvalue weighted by molar-refractivity contribution is -0.113. The van der Waals surface area contributed by atoms with E-state index in [9.17, 15) is 4.79 Å². The van der Waals surface area contributed by atoms with Crippen LogP contribution in [0.25, 0.3) is 6.08 Å². The molecule has 0 aliphatic carbocycles. The van der Waals surface area contributed by atoms with Crippen LogP contribution in [0.1, 0.15) is 31.4 Å². The maximum atomic E-state index is 11.2. The van der Waals surface area contributed by atoms with E-state index in [2.05, 4.69) is 30.1 Å². The summed E-state index contributed by atoms with van der Waals surface area (Å²) in [5.74, 6) is 0.139. The van der Waals surface area contributed by atoms with Crippen LogP contribution < -0.4 is 4.90 Å². The monoisotopic (exact) mass is 229 g/mol. The summed E-state index contributed by atoms with van der Waals surface area (Å²) in [5.41, 5.74) is 4.67. The fraction of sp³-hybridized carbons (Fsp3) is 0.400. The topological polar surface area (TPSA) is 20.3 Å². The summed E-state index contributed by atoms with van der Waals surface area (Å²) < 4.78 is 0. The standard InChI is InChI=1S/C15H19NO/c1-11(12(2)17)9-13-6-7-15-14(10-13)5-4-8-16(15)3/h6-7,9-10H,4-5,8H2,1-3H3/b11-9-. The van der Waals surface area contributed by atoms with Crippen molar-refractivity contribution in [3.63, 3.8) is 0 Å². The Morgan fingerprint density at radius 2 is 2.12 bits per heavy atom. The Bertz CT molecular complexity index is 474. The summed E-state index contributed by atoms with van der Waals surface area (Å²) in [6.45, 7) is 4.61. The summed E-state index contributed by atoms with van der Waals surface area (Å²) in [6, 6.07) is 6.46. The minimum atomic E-state index is 0.139.